The van der Waals surface area contributed by atoms with Gasteiger partial charge in [0.1, 0.15) is 18.5 Å². The molecule has 0 saturated carbocycles. The molecular formula is C20H30N6O. The number of amides is 1. The first-order valence-corrected chi connectivity index (χ1v) is 9.62. The van der Waals surface area contributed by atoms with Crippen LogP contribution in [-0.4, -0.2) is 30.6 Å². The molecule has 0 spiro atoms. The largest absolute Gasteiger partial charge is 0.349 e. The molecule has 146 valence electrons. The van der Waals surface area contributed by atoms with Gasteiger partial charge in [-0.3, -0.25) is 9.48 Å². The summed E-state index contributed by atoms with van der Waals surface area (Å²) >= 11 is 0. The Kier molecular flexibility index (Phi) is 5.31. The van der Waals surface area contributed by atoms with E-state index in [1.807, 2.05) is 6.20 Å². The molecule has 1 amide bonds. The summed E-state index contributed by atoms with van der Waals surface area (Å²) in [6.07, 6.45) is 8.09. The van der Waals surface area contributed by atoms with E-state index in [9.17, 15) is 4.79 Å². The molecule has 1 aliphatic carbocycles. The van der Waals surface area contributed by atoms with Crippen molar-refractivity contribution in [3.8, 4) is 0 Å². The number of nitrogens with zero attached hydrogens (tertiary/aromatic N) is 5. The van der Waals surface area contributed by atoms with E-state index < -0.39 is 0 Å². The summed E-state index contributed by atoms with van der Waals surface area (Å²) in [4.78, 5) is 25.8. The van der Waals surface area contributed by atoms with E-state index in [-0.39, 0.29) is 22.8 Å². The molecule has 7 heteroatoms. The SMILES string of the molecule is CC1(C)Cc2nc(C(C)(C)C)ncc2[C@@H](NC(=O)CCCn2cncn2)C1. The van der Waals surface area contributed by atoms with Gasteiger partial charge >= 0.3 is 0 Å². The lowest BCUT2D eigenvalue weighted by Crippen LogP contribution is -2.37. The zero-order chi connectivity index (χ0) is 19.7. The highest BCUT2D eigenvalue weighted by atomic mass is 16.1. The summed E-state index contributed by atoms with van der Waals surface area (Å²) in [6, 6.07) is -0.0309. The third kappa shape index (κ3) is 4.90. The van der Waals surface area contributed by atoms with Crippen molar-refractivity contribution in [3.05, 3.63) is 35.9 Å². The Labute approximate surface area is 161 Å². The van der Waals surface area contributed by atoms with Crippen molar-refractivity contribution in [3.63, 3.8) is 0 Å². The molecule has 2 heterocycles. The fraction of sp³-hybridized carbons (Fsp3) is 0.650. The van der Waals surface area contributed by atoms with Crippen LogP contribution in [0.2, 0.25) is 0 Å². The first-order valence-electron chi connectivity index (χ1n) is 9.62. The quantitative estimate of drug-likeness (QED) is 0.874. The van der Waals surface area contributed by atoms with Crippen molar-refractivity contribution in [1.29, 1.82) is 0 Å². The van der Waals surface area contributed by atoms with Gasteiger partial charge < -0.3 is 5.32 Å². The number of aromatic nitrogens is 5. The molecule has 2 aromatic heterocycles. The van der Waals surface area contributed by atoms with Gasteiger partial charge in [0.05, 0.1) is 6.04 Å². The van der Waals surface area contributed by atoms with Gasteiger partial charge in [-0.15, -0.1) is 0 Å². The Morgan fingerprint density at radius 2 is 2.15 bits per heavy atom. The van der Waals surface area contributed by atoms with Crippen LogP contribution in [0.3, 0.4) is 0 Å². The molecule has 7 nitrogen and oxygen atoms in total. The van der Waals surface area contributed by atoms with Crippen molar-refractivity contribution in [1.82, 2.24) is 30.0 Å². The minimum Gasteiger partial charge on any atom is -0.349 e. The minimum absolute atomic E-state index is 0.0309. The summed E-state index contributed by atoms with van der Waals surface area (Å²) in [6.45, 7) is 11.5. The third-order valence-electron chi connectivity index (χ3n) is 4.94. The monoisotopic (exact) mass is 370 g/mol. The highest BCUT2D eigenvalue weighted by molar-refractivity contribution is 5.76. The second-order valence-corrected chi connectivity index (χ2v) is 9.27. The van der Waals surface area contributed by atoms with Crippen LogP contribution in [0.25, 0.3) is 0 Å². The molecule has 1 aliphatic rings. The molecule has 0 radical (unpaired) electrons. The highest BCUT2D eigenvalue weighted by Crippen LogP contribution is 2.40. The average Bonchev–Trinajstić information content (AvgIpc) is 3.05. The Morgan fingerprint density at radius 3 is 2.81 bits per heavy atom. The van der Waals surface area contributed by atoms with Gasteiger partial charge in [-0.1, -0.05) is 34.6 Å². The lowest BCUT2D eigenvalue weighted by atomic mass is 9.74. The molecule has 3 rings (SSSR count). The summed E-state index contributed by atoms with van der Waals surface area (Å²) in [5.74, 6) is 0.917. The number of aryl methyl sites for hydroxylation is 1. The fourth-order valence-corrected chi connectivity index (χ4v) is 3.55. The molecule has 0 saturated heterocycles. The van der Waals surface area contributed by atoms with E-state index in [0.717, 1.165) is 36.3 Å². The zero-order valence-corrected chi connectivity index (χ0v) is 17.0. The van der Waals surface area contributed by atoms with Gasteiger partial charge in [0.25, 0.3) is 0 Å². The smallest absolute Gasteiger partial charge is 0.220 e. The Hall–Kier alpha value is -2.31. The Bertz CT molecular complexity index is 791. The maximum atomic E-state index is 12.5. The lowest BCUT2D eigenvalue weighted by molar-refractivity contribution is -0.122. The second-order valence-electron chi connectivity index (χ2n) is 9.27. The first-order chi connectivity index (χ1) is 12.6. The maximum absolute atomic E-state index is 12.5. The van der Waals surface area contributed by atoms with E-state index in [1.54, 1.807) is 11.0 Å². The van der Waals surface area contributed by atoms with Gasteiger partial charge in [-0.05, 0) is 24.7 Å². The van der Waals surface area contributed by atoms with E-state index in [2.05, 4.69) is 55.0 Å². The van der Waals surface area contributed by atoms with Crippen LogP contribution in [0, 0.1) is 5.41 Å². The number of hydrogen-bond acceptors (Lipinski definition) is 5. The van der Waals surface area contributed by atoms with E-state index in [4.69, 9.17) is 4.98 Å². The van der Waals surface area contributed by atoms with Crippen molar-refractivity contribution in [2.75, 3.05) is 0 Å². The van der Waals surface area contributed by atoms with Crippen LogP contribution in [0.5, 0.6) is 0 Å². The standard InChI is InChI=1S/C20H30N6O/c1-19(2,3)18-22-11-14-15(9-20(4,5)10-16(14)25-18)24-17(27)7-6-8-26-13-21-12-23-26/h11-13,15H,6-10H2,1-5H3,(H,24,27)/t15-/m0/s1. The van der Waals surface area contributed by atoms with Gasteiger partial charge in [0, 0.05) is 35.8 Å². The van der Waals surface area contributed by atoms with Gasteiger partial charge in [-0.2, -0.15) is 5.10 Å². The highest BCUT2D eigenvalue weighted by Gasteiger charge is 2.35. The summed E-state index contributed by atoms with van der Waals surface area (Å²) < 4.78 is 1.74. The van der Waals surface area contributed by atoms with Crippen LogP contribution >= 0.6 is 0 Å². The van der Waals surface area contributed by atoms with Crippen LogP contribution in [0.4, 0.5) is 0 Å². The number of fused-ring (bicyclic) bond motifs is 1. The van der Waals surface area contributed by atoms with Gasteiger partial charge in [-0.25, -0.2) is 15.0 Å². The summed E-state index contributed by atoms with van der Waals surface area (Å²) in [7, 11) is 0. The molecule has 0 aromatic carbocycles. The van der Waals surface area contributed by atoms with Crippen LogP contribution < -0.4 is 5.32 Å². The van der Waals surface area contributed by atoms with Crippen LogP contribution in [0.15, 0.2) is 18.9 Å². The minimum atomic E-state index is -0.0866. The zero-order valence-electron chi connectivity index (χ0n) is 17.0. The van der Waals surface area contributed by atoms with Gasteiger partial charge in [0.15, 0.2) is 0 Å². The summed E-state index contributed by atoms with van der Waals surface area (Å²) in [5, 5.41) is 7.27. The molecule has 2 aromatic rings. The second kappa shape index (κ2) is 7.37. The van der Waals surface area contributed by atoms with Gasteiger partial charge in [0.2, 0.25) is 5.91 Å². The molecule has 1 atom stereocenters. The Balaban J connectivity index is 1.69. The number of carbonyl (C=O) groups excluding carboxylic acids is 1. The van der Waals surface area contributed by atoms with E-state index in [0.29, 0.717) is 13.0 Å². The molecule has 0 unspecified atom stereocenters. The molecule has 0 bridgehead atoms. The van der Waals surface area contributed by atoms with E-state index >= 15 is 0 Å². The van der Waals surface area contributed by atoms with E-state index in [1.165, 1.54) is 6.33 Å². The van der Waals surface area contributed by atoms with Crippen LogP contribution in [-0.2, 0) is 23.2 Å². The first kappa shape index (κ1) is 19.5. The Morgan fingerprint density at radius 1 is 1.37 bits per heavy atom. The molecule has 0 fully saturated rings. The fourth-order valence-electron chi connectivity index (χ4n) is 3.55. The van der Waals surface area contributed by atoms with Crippen molar-refractivity contribution < 1.29 is 4.79 Å². The molecule has 27 heavy (non-hydrogen) atoms. The normalized spacial score (nSPS) is 18.8. The lowest BCUT2D eigenvalue weighted by Gasteiger charge is -2.37. The number of nitrogens with one attached hydrogen (secondary N) is 1. The number of carbonyl (C=O) groups is 1. The topological polar surface area (TPSA) is 85.6 Å². The number of rotatable bonds is 5. The van der Waals surface area contributed by atoms with Crippen molar-refractivity contribution >= 4 is 5.91 Å². The number of hydrogen-bond donors (Lipinski definition) is 1. The van der Waals surface area contributed by atoms with Crippen LogP contribution in [0.1, 0.15) is 77.0 Å². The maximum Gasteiger partial charge on any atom is 0.220 e. The predicted octanol–water partition coefficient (Wildman–Crippen LogP) is 2.98. The molecular weight excluding hydrogens is 340 g/mol. The average molecular weight is 371 g/mol. The molecule has 0 aliphatic heterocycles. The molecule has 1 N–H and O–H groups in total. The predicted molar refractivity (Wildman–Crippen MR) is 103 cm³/mol. The van der Waals surface area contributed by atoms with Crippen molar-refractivity contribution in [2.24, 2.45) is 5.41 Å². The summed E-state index contributed by atoms with van der Waals surface area (Å²) in [5.41, 5.74) is 2.14. The third-order valence-corrected chi connectivity index (χ3v) is 4.94. The van der Waals surface area contributed by atoms with Crippen molar-refractivity contribution in [2.45, 2.75) is 78.3 Å².